The minimum absolute atomic E-state index is 0.126. The van der Waals surface area contributed by atoms with Crippen LogP contribution in [-0.2, 0) is 19.1 Å². The lowest BCUT2D eigenvalue weighted by Crippen LogP contribution is -2.28. The maximum absolute atomic E-state index is 12.1. The molecule has 0 aromatic rings. The molecule has 0 amide bonds. The van der Waals surface area contributed by atoms with E-state index in [4.69, 9.17) is 9.47 Å². The Morgan fingerprint density at radius 3 is 2.07 bits per heavy atom. The van der Waals surface area contributed by atoms with Crippen LogP contribution < -0.4 is 0 Å². The van der Waals surface area contributed by atoms with Gasteiger partial charge >= 0.3 is 11.9 Å². The Hall–Kier alpha value is -2.70. The zero-order valence-corrected chi connectivity index (χ0v) is 27.9. The van der Waals surface area contributed by atoms with E-state index in [9.17, 15) is 19.8 Å². The second kappa shape index (κ2) is 31.7. The molecule has 0 radical (unpaired) electrons. The summed E-state index contributed by atoms with van der Waals surface area (Å²) in [6, 6.07) is 0. The van der Waals surface area contributed by atoms with Crippen LogP contribution in [0, 0.1) is 5.92 Å². The maximum atomic E-state index is 12.1. The normalized spacial score (nSPS) is 14.6. The molecule has 0 saturated heterocycles. The molecule has 0 heterocycles. The van der Waals surface area contributed by atoms with E-state index >= 15 is 0 Å². The smallest absolute Gasteiger partial charge is 0.306 e. The molecule has 0 bridgehead atoms. The monoisotopic (exact) mass is 614 g/mol. The van der Waals surface area contributed by atoms with Crippen LogP contribution in [0.25, 0.3) is 0 Å². The Morgan fingerprint density at radius 2 is 1.36 bits per heavy atom. The summed E-state index contributed by atoms with van der Waals surface area (Å²) in [6.07, 6.45) is 37.2. The molecule has 6 heteroatoms. The number of ether oxygens (including phenoxy) is 2. The van der Waals surface area contributed by atoms with Crippen LogP contribution in [0.1, 0.15) is 124 Å². The fraction of sp³-hybridized carbons (Fsp3) is 0.632. The summed E-state index contributed by atoms with van der Waals surface area (Å²) >= 11 is 0. The van der Waals surface area contributed by atoms with Crippen molar-refractivity contribution in [1.82, 2.24) is 0 Å². The van der Waals surface area contributed by atoms with Gasteiger partial charge in [0, 0.05) is 12.8 Å². The van der Waals surface area contributed by atoms with Gasteiger partial charge in [0.25, 0.3) is 0 Å². The van der Waals surface area contributed by atoms with Gasteiger partial charge in [0.1, 0.15) is 6.61 Å². The SMILES string of the molecule is CC/C=C\C/C=C\CC(O)/C=C/C=C\C/C=C\C/C=C\CCC(=O)OC[C@H](CO)OC(=O)CCCCCCCCC(C)CC. The van der Waals surface area contributed by atoms with E-state index in [1.807, 2.05) is 36.5 Å². The topological polar surface area (TPSA) is 93.1 Å². The summed E-state index contributed by atoms with van der Waals surface area (Å²) in [5.41, 5.74) is 0. The van der Waals surface area contributed by atoms with E-state index in [-0.39, 0.29) is 31.6 Å². The average Bonchev–Trinajstić information content (AvgIpc) is 3.02. The quantitative estimate of drug-likeness (QED) is 0.0395. The van der Waals surface area contributed by atoms with Gasteiger partial charge in [0.15, 0.2) is 6.10 Å². The number of rotatable bonds is 28. The molecule has 0 rings (SSSR count). The molecule has 2 unspecified atom stereocenters. The highest BCUT2D eigenvalue weighted by Crippen LogP contribution is 2.15. The molecule has 0 aliphatic heterocycles. The van der Waals surface area contributed by atoms with E-state index in [1.54, 1.807) is 6.08 Å². The summed E-state index contributed by atoms with van der Waals surface area (Å²) in [5, 5.41) is 19.4. The molecule has 0 aliphatic carbocycles. The number of aliphatic hydroxyl groups is 2. The van der Waals surface area contributed by atoms with Crippen molar-refractivity contribution in [3.63, 3.8) is 0 Å². The highest BCUT2D eigenvalue weighted by Gasteiger charge is 2.15. The number of hydrogen-bond donors (Lipinski definition) is 2. The first-order valence-corrected chi connectivity index (χ1v) is 17.0. The number of carbonyl (C=O) groups excluding carboxylic acids is 2. The lowest BCUT2D eigenvalue weighted by molar-refractivity contribution is -0.161. The summed E-state index contributed by atoms with van der Waals surface area (Å²) in [6.45, 7) is 6.15. The lowest BCUT2D eigenvalue weighted by Gasteiger charge is -2.15. The average molecular weight is 615 g/mol. The van der Waals surface area contributed by atoms with Gasteiger partial charge in [0.2, 0.25) is 0 Å². The van der Waals surface area contributed by atoms with Gasteiger partial charge in [-0.15, -0.1) is 0 Å². The molecule has 0 spiro atoms. The fourth-order valence-electron chi connectivity index (χ4n) is 4.17. The van der Waals surface area contributed by atoms with E-state index in [1.165, 1.54) is 32.1 Å². The second-order valence-corrected chi connectivity index (χ2v) is 11.3. The Morgan fingerprint density at radius 1 is 0.727 bits per heavy atom. The van der Waals surface area contributed by atoms with Gasteiger partial charge in [-0.2, -0.15) is 0 Å². The predicted octanol–water partition coefficient (Wildman–Crippen LogP) is 9.05. The fourth-order valence-corrected chi connectivity index (χ4v) is 4.17. The molecule has 0 aliphatic rings. The molecule has 0 fully saturated rings. The van der Waals surface area contributed by atoms with Gasteiger partial charge in [-0.05, 0) is 50.9 Å². The van der Waals surface area contributed by atoms with Crippen molar-refractivity contribution in [3.05, 3.63) is 72.9 Å². The Kier molecular flexibility index (Phi) is 29.8. The van der Waals surface area contributed by atoms with Crippen molar-refractivity contribution >= 4 is 11.9 Å². The number of hydrogen-bond acceptors (Lipinski definition) is 6. The maximum Gasteiger partial charge on any atom is 0.306 e. The molecule has 6 nitrogen and oxygen atoms in total. The Bertz CT molecular complexity index is 867. The van der Waals surface area contributed by atoms with E-state index in [2.05, 4.69) is 51.2 Å². The number of aliphatic hydroxyl groups excluding tert-OH is 2. The Labute approximate surface area is 268 Å². The minimum Gasteiger partial charge on any atom is -0.462 e. The van der Waals surface area contributed by atoms with Crippen LogP contribution >= 0.6 is 0 Å². The van der Waals surface area contributed by atoms with Gasteiger partial charge in [0.05, 0.1) is 12.7 Å². The van der Waals surface area contributed by atoms with Crippen LogP contribution in [0.2, 0.25) is 0 Å². The standard InChI is InChI=1S/C38H62O6/c1-4-6-7-8-18-23-28-35(40)29-24-19-13-11-9-10-12-14-20-25-30-37(41)43-33-36(32-39)44-38(42)31-26-21-16-15-17-22-27-34(3)5-2/h6-7,9-10,13-14,18-20,23-24,29,34-36,39-40H,4-5,8,11-12,15-17,21-22,25-28,30-33H2,1-3H3/b7-6-,10-9-,19-13-,20-14-,23-18-,29-24+/t34?,35?,36-/m0/s1. The highest BCUT2D eigenvalue weighted by molar-refractivity contribution is 5.70. The molecule has 0 aromatic heterocycles. The van der Waals surface area contributed by atoms with Crippen LogP contribution in [-0.4, -0.2) is 47.6 Å². The van der Waals surface area contributed by atoms with Crippen molar-refractivity contribution in [1.29, 1.82) is 0 Å². The third kappa shape index (κ3) is 29.4. The van der Waals surface area contributed by atoms with Crippen molar-refractivity contribution in [2.75, 3.05) is 13.2 Å². The van der Waals surface area contributed by atoms with Gasteiger partial charge in [-0.3, -0.25) is 9.59 Å². The molecule has 0 saturated carbocycles. The first-order chi connectivity index (χ1) is 21.4. The molecule has 3 atom stereocenters. The number of esters is 2. The first kappa shape index (κ1) is 41.3. The minimum atomic E-state index is -0.817. The third-order valence-corrected chi connectivity index (χ3v) is 7.15. The van der Waals surface area contributed by atoms with E-state index in [0.29, 0.717) is 19.3 Å². The third-order valence-electron chi connectivity index (χ3n) is 7.15. The van der Waals surface area contributed by atoms with E-state index in [0.717, 1.165) is 50.9 Å². The number of unbranched alkanes of at least 4 members (excludes halogenated alkanes) is 5. The zero-order chi connectivity index (χ0) is 32.5. The Balaban J connectivity index is 3.86. The molecule has 2 N–H and O–H groups in total. The van der Waals surface area contributed by atoms with Crippen molar-refractivity contribution in [2.45, 2.75) is 136 Å². The van der Waals surface area contributed by atoms with Gasteiger partial charge in [-0.25, -0.2) is 0 Å². The molecule has 0 aromatic carbocycles. The highest BCUT2D eigenvalue weighted by atomic mass is 16.6. The molecular weight excluding hydrogens is 552 g/mol. The van der Waals surface area contributed by atoms with Crippen molar-refractivity contribution in [3.8, 4) is 0 Å². The first-order valence-electron chi connectivity index (χ1n) is 17.0. The molecule has 250 valence electrons. The molecule has 44 heavy (non-hydrogen) atoms. The largest absolute Gasteiger partial charge is 0.462 e. The summed E-state index contributed by atoms with van der Waals surface area (Å²) in [5.74, 6) is 0.0787. The predicted molar refractivity (Wildman–Crippen MR) is 183 cm³/mol. The number of carbonyl (C=O) groups is 2. The van der Waals surface area contributed by atoms with Crippen molar-refractivity contribution in [2.24, 2.45) is 5.92 Å². The summed E-state index contributed by atoms with van der Waals surface area (Å²) < 4.78 is 10.5. The number of allylic oxidation sites excluding steroid dienone is 10. The van der Waals surface area contributed by atoms with E-state index < -0.39 is 12.2 Å². The van der Waals surface area contributed by atoms with Crippen LogP contribution in [0.4, 0.5) is 0 Å². The van der Waals surface area contributed by atoms with Crippen LogP contribution in [0.15, 0.2) is 72.9 Å². The van der Waals surface area contributed by atoms with Crippen LogP contribution in [0.5, 0.6) is 0 Å². The lowest BCUT2D eigenvalue weighted by atomic mass is 10.00. The summed E-state index contributed by atoms with van der Waals surface area (Å²) in [7, 11) is 0. The van der Waals surface area contributed by atoms with Crippen molar-refractivity contribution < 1.29 is 29.3 Å². The summed E-state index contributed by atoms with van der Waals surface area (Å²) in [4.78, 5) is 24.1. The van der Waals surface area contributed by atoms with Crippen LogP contribution in [0.3, 0.4) is 0 Å². The van der Waals surface area contributed by atoms with Gasteiger partial charge in [-0.1, -0.05) is 139 Å². The molecular formula is C38H62O6. The van der Waals surface area contributed by atoms with Gasteiger partial charge < -0.3 is 19.7 Å². The second-order valence-electron chi connectivity index (χ2n) is 11.3. The zero-order valence-electron chi connectivity index (χ0n) is 27.9.